The van der Waals surface area contributed by atoms with Crippen molar-refractivity contribution in [2.75, 3.05) is 20.3 Å². The van der Waals surface area contributed by atoms with Crippen LogP contribution >= 0.6 is 11.6 Å². The van der Waals surface area contributed by atoms with Gasteiger partial charge < -0.3 is 19.5 Å². The first-order chi connectivity index (χ1) is 13.0. The number of ether oxygens (including phenoxy) is 3. The van der Waals surface area contributed by atoms with Gasteiger partial charge in [-0.3, -0.25) is 4.79 Å². The third kappa shape index (κ3) is 6.39. The number of aryl methyl sites for hydroxylation is 1. The zero-order chi connectivity index (χ0) is 19.6. The van der Waals surface area contributed by atoms with Gasteiger partial charge in [0.2, 0.25) is 5.91 Å². The van der Waals surface area contributed by atoms with Gasteiger partial charge in [-0.05, 0) is 36.8 Å². The molecule has 0 unspecified atom stereocenters. The minimum atomic E-state index is -0.346. The van der Waals surface area contributed by atoms with Crippen LogP contribution in [0, 0.1) is 18.3 Å². The van der Waals surface area contributed by atoms with Crippen molar-refractivity contribution in [2.45, 2.75) is 19.9 Å². The Morgan fingerprint density at radius 1 is 1.19 bits per heavy atom. The van der Waals surface area contributed by atoms with E-state index in [4.69, 9.17) is 31.1 Å². The first-order valence-electron chi connectivity index (χ1n) is 8.35. The minimum Gasteiger partial charge on any atom is -0.493 e. The van der Waals surface area contributed by atoms with Gasteiger partial charge in [-0.2, -0.15) is 5.26 Å². The topological polar surface area (TPSA) is 80.6 Å². The van der Waals surface area contributed by atoms with Crippen LogP contribution in [0.5, 0.6) is 17.2 Å². The summed E-state index contributed by atoms with van der Waals surface area (Å²) in [6.45, 7) is 2.91. The molecule has 0 radical (unpaired) electrons. The smallest absolute Gasteiger partial charge is 0.234 e. The van der Waals surface area contributed by atoms with Crippen LogP contribution in [0.2, 0.25) is 5.02 Å². The van der Waals surface area contributed by atoms with Gasteiger partial charge in [-0.1, -0.05) is 29.3 Å². The van der Waals surface area contributed by atoms with Crippen molar-refractivity contribution in [3.63, 3.8) is 0 Å². The van der Waals surface area contributed by atoms with Crippen LogP contribution in [0.25, 0.3) is 0 Å². The lowest BCUT2D eigenvalue weighted by Gasteiger charge is -2.15. The Labute approximate surface area is 163 Å². The van der Waals surface area contributed by atoms with Crippen molar-refractivity contribution in [1.29, 1.82) is 5.26 Å². The molecular weight excluding hydrogens is 368 g/mol. The molecule has 0 spiro atoms. The molecule has 0 aliphatic rings. The molecule has 2 aromatic carbocycles. The van der Waals surface area contributed by atoms with Gasteiger partial charge in [0.1, 0.15) is 25.4 Å². The summed E-state index contributed by atoms with van der Waals surface area (Å²) in [5.41, 5.74) is 1.91. The predicted molar refractivity (Wildman–Crippen MR) is 102 cm³/mol. The van der Waals surface area contributed by atoms with Crippen molar-refractivity contribution in [2.24, 2.45) is 0 Å². The second kappa shape index (κ2) is 10.3. The quantitative estimate of drug-likeness (QED) is 0.663. The molecular formula is C20H21ClN2O4. The molecule has 0 saturated carbocycles. The number of carbonyl (C=O) groups excluding carboxylic acids is 1. The van der Waals surface area contributed by atoms with Gasteiger partial charge in [-0.25, -0.2) is 0 Å². The summed E-state index contributed by atoms with van der Waals surface area (Å²) in [7, 11) is 1.51. The second-order valence-corrected chi connectivity index (χ2v) is 6.14. The standard InChI is InChI=1S/C20H21ClN2O4/c1-14-3-5-16(6-4-14)26-9-10-27-20-17(21)11-15(12-18(20)25-2)13-23-19(24)7-8-22/h3-6,11-12H,7,9-10,13H2,1-2H3,(H,23,24). The monoisotopic (exact) mass is 388 g/mol. The highest BCUT2D eigenvalue weighted by Crippen LogP contribution is 2.36. The lowest BCUT2D eigenvalue weighted by molar-refractivity contribution is -0.120. The number of nitriles is 1. The number of benzene rings is 2. The molecule has 1 N–H and O–H groups in total. The largest absolute Gasteiger partial charge is 0.493 e. The second-order valence-electron chi connectivity index (χ2n) is 5.73. The number of carbonyl (C=O) groups is 1. The number of halogens is 1. The normalized spacial score (nSPS) is 10.0. The molecule has 0 fully saturated rings. The SMILES string of the molecule is COc1cc(CNC(=O)CC#N)cc(Cl)c1OCCOc1ccc(C)cc1. The Balaban J connectivity index is 1.92. The van der Waals surface area contributed by atoms with Gasteiger partial charge in [0.25, 0.3) is 0 Å². The van der Waals surface area contributed by atoms with Crippen molar-refractivity contribution in [3.05, 3.63) is 52.5 Å². The minimum absolute atomic E-state index is 0.187. The van der Waals surface area contributed by atoms with Crippen molar-refractivity contribution >= 4 is 17.5 Å². The molecule has 0 atom stereocenters. The number of rotatable bonds is 9. The molecule has 2 rings (SSSR count). The van der Waals surface area contributed by atoms with Gasteiger partial charge >= 0.3 is 0 Å². The fraction of sp³-hybridized carbons (Fsp3) is 0.300. The Kier molecular flexibility index (Phi) is 7.78. The van der Waals surface area contributed by atoms with Crippen molar-refractivity contribution < 1.29 is 19.0 Å². The van der Waals surface area contributed by atoms with E-state index < -0.39 is 0 Å². The van der Waals surface area contributed by atoms with E-state index in [-0.39, 0.29) is 18.9 Å². The third-order valence-corrected chi connectivity index (χ3v) is 3.92. The Bertz CT molecular complexity index is 816. The maximum absolute atomic E-state index is 11.4. The Morgan fingerprint density at radius 3 is 2.56 bits per heavy atom. The summed E-state index contributed by atoms with van der Waals surface area (Å²) in [4.78, 5) is 11.4. The lowest BCUT2D eigenvalue weighted by atomic mass is 10.2. The zero-order valence-electron chi connectivity index (χ0n) is 15.3. The van der Waals surface area contributed by atoms with Gasteiger partial charge in [0.05, 0.1) is 18.2 Å². The first kappa shape index (κ1) is 20.4. The summed E-state index contributed by atoms with van der Waals surface area (Å²) in [5, 5.41) is 11.5. The molecule has 27 heavy (non-hydrogen) atoms. The maximum Gasteiger partial charge on any atom is 0.234 e. The Morgan fingerprint density at radius 2 is 1.89 bits per heavy atom. The molecule has 1 amide bonds. The van der Waals surface area contributed by atoms with E-state index in [1.807, 2.05) is 31.2 Å². The average molecular weight is 389 g/mol. The van der Waals surface area contributed by atoms with E-state index in [9.17, 15) is 4.79 Å². The van der Waals surface area contributed by atoms with Gasteiger partial charge in [0, 0.05) is 6.54 Å². The number of nitrogens with one attached hydrogen (secondary N) is 1. The van der Waals surface area contributed by atoms with Crippen molar-refractivity contribution in [3.8, 4) is 23.3 Å². The Hall–Kier alpha value is -2.91. The van der Waals surface area contributed by atoms with Crippen molar-refractivity contribution in [1.82, 2.24) is 5.32 Å². The fourth-order valence-electron chi connectivity index (χ4n) is 2.29. The number of nitrogens with zero attached hydrogens (tertiary/aromatic N) is 1. The van der Waals surface area contributed by atoms with E-state index in [1.165, 1.54) is 12.7 Å². The summed E-state index contributed by atoms with van der Waals surface area (Å²) < 4.78 is 16.7. The molecule has 2 aromatic rings. The number of amides is 1. The number of hydrogen-bond acceptors (Lipinski definition) is 5. The highest BCUT2D eigenvalue weighted by Gasteiger charge is 2.13. The number of hydrogen-bond donors (Lipinski definition) is 1. The molecule has 0 aliphatic carbocycles. The van der Waals surface area contributed by atoms with Crippen LogP contribution in [0.4, 0.5) is 0 Å². The van der Waals surface area contributed by atoms with Crippen LogP contribution in [0.15, 0.2) is 36.4 Å². The molecule has 0 aromatic heterocycles. The van der Waals surface area contributed by atoms with Crippen LogP contribution in [0.1, 0.15) is 17.5 Å². The third-order valence-electron chi connectivity index (χ3n) is 3.64. The van der Waals surface area contributed by atoms with E-state index in [1.54, 1.807) is 18.2 Å². The fourth-order valence-corrected chi connectivity index (χ4v) is 2.58. The van der Waals surface area contributed by atoms with E-state index in [0.717, 1.165) is 11.3 Å². The predicted octanol–water partition coefficient (Wildman–Crippen LogP) is 3.64. The van der Waals surface area contributed by atoms with Crippen LogP contribution in [-0.2, 0) is 11.3 Å². The highest BCUT2D eigenvalue weighted by atomic mass is 35.5. The van der Waals surface area contributed by atoms with E-state index in [2.05, 4.69) is 5.32 Å². The lowest BCUT2D eigenvalue weighted by Crippen LogP contribution is -2.21. The molecule has 0 heterocycles. The molecule has 6 nitrogen and oxygen atoms in total. The van der Waals surface area contributed by atoms with Crippen LogP contribution in [0.3, 0.4) is 0 Å². The summed E-state index contributed by atoms with van der Waals surface area (Å²) in [6.07, 6.45) is -0.187. The van der Waals surface area contributed by atoms with Gasteiger partial charge in [-0.15, -0.1) is 0 Å². The van der Waals surface area contributed by atoms with Crippen LogP contribution in [-0.4, -0.2) is 26.2 Å². The highest BCUT2D eigenvalue weighted by molar-refractivity contribution is 6.32. The molecule has 7 heteroatoms. The van der Waals surface area contributed by atoms with E-state index >= 15 is 0 Å². The van der Waals surface area contributed by atoms with Gasteiger partial charge in [0.15, 0.2) is 11.5 Å². The number of methoxy groups -OCH3 is 1. The molecule has 0 bridgehead atoms. The summed E-state index contributed by atoms with van der Waals surface area (Å²) in [5.74, 6) is 1.30. The molecule has 0 aliphatic heterocycles. The zero-order valence-corrected chi connectivity index (χ0v) is 16.0. The van der Waals surface area contributed by atoms with Crippen LogP contribution < -0.4 is 19.5 Å². The first-order valence-corrected chi connectivity index (χ1v) is 8.73. The molecule has 0 saturated heterocycles. The summed E-state index contributed by atoms with van der Waals surface area (Å²) in [6, 6.07) is 13.0. The summed E-state index contributed by atoms with van der Waals surface area (Å²) >= 11 is 6.29. The average Bonchev–Trinajstić information content (AvgIpc) is 2.66. The van der Waals surface area contributed by atoms with E-state index in [0.29, 0.717) is 29.7 Å². The molecule has 142 valence electrons. The maximum atomic E-state index is 11.4.